The van der Waals surface area contributed by atoms with Crippen LogP contribution in [0.5, 0.6) is 0 Å². The van der Waals surface area contributed by atoms with Gasteiger partial charge in [-0.2, -0.15) is 0 Å². The van der Waals surface area contributed by atoms with Gasteiger partial charge in [0.1, 0.15) is 0 Å². The highest BCUT2D eigenvalue weighted by molar-refractivity contribution is 4.82. The highest BCUT2D eigenvalue weighted by atomic mass is 16.3. The summed E-state index contributed by atoms with van der Waals surface area (Å²) in [6.07, 6.45) is 3.11. The summed E-state index contributed by atoms with van der Waals surface area (Å²) in [7, 11) is 2.15. The van der Waals surface area contributed by atoms with Crippen molar-refractivity contribution in [3.8, 4) is 0 Å². The molecule has 1 heterocycles. The molecule has 4 heteroatoms. The topological polar surface area (TPSA) is 38.7 Å². The fraction of sp³-hybridized carbons (Fsp3) is 1.00. The van der Waals surface area contributed by atoms with Crippen LogP contribution in [0, 0.1) is 0 Å². The monoisotopic (exact) mass is 199 g/mol. The van der Waals surface area contributed by atoms with Crippen molar-refractivity contribution in [3.63, 3.8) is 0 Å². The first-order chi connectivity index (χ1) is 6.75. The van der Waals surface area contributed by atoms with Gasteiger partial charge in [-0.05, 0) is 26.3 Å². The Bertz CT molecular complexity index is 180. The van der Waals surface area contributed by atoms with Gasteiger partial charge < -0.3 is 10.0 Å². The average Bonchev–Trinajstić information content (AvgIpc) is 2.56. The van der Waals surface area contributed by atoms with E-state index in [9.17, 15) is 5.11 Å². The number of hydrogen-bond acceptors (Lipinski definition) is 4. The number of hydrazine groups is 1. The average molecular weight is 199 g/mol. The Kier molecular flexibility index (Phi) is 3.38. The van der Waals surface area contributed by atoms with Crippen molar-refractivity contribution in [2.45, 2.75) is 31.4 Å². The van der Waals surface area contributed by atoms with Gasteiger partial charge in [0, 0.05) is 32.2 Å². The molecule has 82 valence electrons. The number of piperazine rings is 1. The summed E-state index contributed by atoms with van der Waals surface area (Å²) in [6, 6.07) is 0.304. The summed E-state index contributed by atoms with van der Waals surface area (Å²) in [4.78, 5) is 2.34. The van der Waals surface area contributed by atoms with Crippen LogP contribution in [-0.2, 0) is 0 Å². The maximum absolute atomic E-state index is 9.67. The van der Waals surface area contributed by atoms with Crippen molar-refractivity contribution in [1.82, 2.24) is 15.3 Å². The minimum absolute atomic E-state index is 0.130. The Morgan fingerprint density at radius 1 is 1.14 bits per heavy atom. The lowest BCUT2D eigenvalue weighted by atomic mass is 10.2. The van der Waals surface area contributed by atoms with Gasteiger partial charge in [-0.25, -0.2) is 10.4 Å². The standard InChI is InChI=1S/C10H21N3O/c1-12-5-7-13(8-6-12)11-9-3-2-4-10(9)14/h9-11,14H,2-8H2,1H3/t9-,10-/m0/s1. The summed E-state index contributed by atoms with van der Waals surface area (Å²) in [6.45, 7) is 4.38. The van der Waals surface area contributed by atoms with Crippen LogP contribution in [0.1, 0.15) is 19.3 Å². The number of likely N-dealkylation sites (N-methyl/N-ethyl adjacent to an activating group) is 1. The molecule has 1 saturated carbocycles. The number of hydrogen-bond donors (Lipinski definition) is 2. The smallest absolute Gasteiger partial charge is 0.0706 e. The fourth-order valence-corrected chi connectivity index (χ4v) is 2.26. The molecule has 0 bridgehead atoms. The van der Waals surface area contributed by atoms with E-state index in [0.717, 1.165) is 45.4 Å². The molecule has 0 amide bonds. The lowest BCUT2D eigenvalue weighted by Crippen LogP contribution is -2.55. The maximum Gasteiger partial charge on any atom is 0.0706 e. The SMILES string of the molecule is CN1CCN(N[C@H]2CCC[C@@H]2O)CC1. The van der Waals surface area contributed by atoms with Gasteiger partial charge >= 0.3 is 0 Å². The molecule has 1 aliphatic heterocycles. The van der Waals surface area contributed by atoms with Gasteiger partial charge in [0.15, 0.2) is 0 Å². The van der Waals surface area contributed by atoms with Crippen LogP contribution in [0.15, 0.2) is 0 Å². The van der Waals surface area contributed by atoms with Crippen LogP contribution in [0.3, 0.4) is 0 Å². The summed E-state index contributed by atoms with van der Waals surface area (Å²) >= 11 is 0. The van der Waals surface area contributed by atoms with Gasteiger partial charge in [0.25, 0.3) is 0 Å². The second-order valence-electron chi connectivity index (χ2n) is 4.52. The van der Waals surface area contributed by atoms with E-state index in [-0.39, 0.29) is 6.10 Å². The van der Waals surface area contributed by atoms with Gasteiger partial charge in [-0.15, -0.1) is 0 Å². The van der Waals surface area contributed by atoms with E-state index in [1.54, 1.807) is 0 Å². The third kappa shape index (κ3) is 2.45. The van der Waals surface area contributed by atoms with Crippen molar-refractivity contribution < 1.29 is 5.11 Å². The summed E-state index contributed by atoms with van der Waals surface area (Å²) in [5.41, 5.74) is 3.44. The molecule has 0 aromatic carbocycles. The zero-order valence-corrected chi connectivity index (χ0v) is 8.95. The van der Waals surface area contributed by atoms with Crippen LogP contribution in [0.4, 0.5) is 0 Å². The number of aliphatic hydroxyl groups is 1. The Balaban J connectivity index is 1.74. The number of rotatable bonds is 2. The molecule has 4 nitrogen and oxygen atoms in total. The van der Waals surface area contributed by atoms with Crippen LogP contribution >= 0.6 is 0 Å². The number of aliphatic hydroxyl groups excluding tert-OH is 1. The third-order valence-electron chi connectivity index (χ3n) is 3.33. The lowest BCUT2D eigenvalue weighted by molar-refractivity contribution is 0.0507. The normalized spacial score (nSPS) is 36.4. The first-order valence-electron chi connectivity index (χ1n) is 5.63. The van der Waals surface area contributed by atoms with Crippen LogP contribution in [0.25, 0.3) is 0 Å². The highest BCUT2D eigenvalue weighted by Crippen LogP contribution is 2.19. The molecular weight excluding hydrogens is 178 g/mol. The summed E-state index contributed by atoms with van der Waals surface area (Å²) < 4.78 is 0. The van der Waals surface area contributed by atoms with E-state index in [2.05, 4.69) is 22.4 Å². The Hall–Kier alpha value is -0.160. The van der Waals surface area contributed by atoms with E-state index < -0.39 is 0 Å². The Labute approximate surface area is 85.8 Å². The Morgan fingerprint density at radius 2 is 1.86 bits per heavy atom. The van der Waals surface area contributed by atoms with E-state index >= 15 is 0 Å². The van der Waals surface area contributed by atoms with Crippen LogP contribution in [-0.4, -0.2) is 60.4 Å². The quantitative estimate of drug-likeness (QED) is 0.638. The predicted octanol–water partition coefficient (Wildman–Crippen LogP) is -0.348. The van der Waals surface area contributed by atoms with Gasteiger partial charge in [-0.1, -0.05) is 0 Å². The minimum atomic E-state index is -0.130. The van der Waals surface area contributed by atoms with Crippen molar-refractivity contribution in [1.29, 1.82) is 0 Å². The van der Waals surface area contributed by atoms with E-state index in [0.29, 0.717) is 6.04 Å². The van der Waals surface area contributed by atoms with Crippen molar-refractivity contribution in [2.75, 3.05) is 33.2 Å². The number of nitrogens with zero attached hydrogens (tertiary/aromatic N) is 2. The second-order valence-corrected chi connectivity index (χ2v) is 4.52. The molecule has 1 saturated heterocycles. The van der Waals surface area contributed by atoms with E-state index in [1.165, 1.54) is 0 Å². The molecular formula is C10H21N3O. The van der Waals surface area contributed by atoms with Gasteiger partial charge in [0.05, 0.1) is 6.10 Å². The molecule has 0 spiro atoms. The third-order valence-corrected chi connectivity index (χ3v) is 3.33. The Morgan fingerprint density at radius 3 is 2.43 bits per heavy atom. The van der Waals surface area contributed by atoms with Gasteiger partial charge in [-0.3, -0.25) is 0 Å². The van der Waals surface area contributed by atoms with Gasteiger partial charge in [0.2, 0.25) is 0 Å². The molecule has 2 aliphatic rings. The highest BCUT2D eigenvalue weighted by Gasteiger charge is 2.27. The van der Waals surface area contributed by atoms with E-state index in [4.69, 9.17) is 0 Å². The molecule has 2 N–H and O–H groups in total. The number of nitrogens with one attached hydrogen (secondary N) is 1. The first-order valence-corrected chi connectivity index (χ1v) is 5.63. The molecule has 2 rings (SSSR count). The zero-order valence-electron chi connectivity index (χ0n) is 8.95. The van der Waals surface area contributed by atoms with Crippen LogP contribution < -0.4 is 5.43 Å². The summed E-state index contributed by atoms with van der Waals surface area (Å²) in [5, 5.41) is 11.9. The molecule has 0 radical (unpaired) electrons. The summed E-state index contributed by atoms with van der Waals surface area (Å²) in [5.74, 6) is 0. The zero-order chi connectivity index (χ0) is 9.97. The minimum Gasteiger partial charge on any atom is -0.391 e. The van der Waals surface area contributed by atoms with Crippen molar-refractivity contribution >= 4 is 0 Å². The second kappa shape index (κ2) is 4.57. The lowest BCUT2D eigenvalue weighted by Gasteiger charge is -2.35. The first kappa shape index (κ1) is 10.4. The molecule has 0 unspecified atom stereocenters. The molecule has 2 atom stereocenters. The van der Waals surface area contributed by atoms with E-state index in [1.807, 2.05) is 0 Å². The maximum atomic E-state index is 9.67. The largest absolute Gasteiger partial charge is 0.391 e. The van der Waals surface area contributed by atoms with Crippen molar-refractivity contribution in [3.05, 3.63) is 0 Å². The molecule has 2 fully saturated rings. The molecule has 14 heavy (non-hydrogen) atoms. The van der Waals surface area contributed by atoms with Crippen LogP contribution in [0.2, 0.25) is 0 Å². The molecule has 0 aromatic heterocycles. The predicted molar refractivity (Wildman–Crippen MR) is 55.9 cm³/mol. The fourth-order valence-electron chi connectivity index (χ4n) is 2.26. The van der Waals surface area contributed by atoms with Crippen molar-refractivity contribution in [2.24, 2.45) is 0 Å². The molecule has 0 aromatic rings. The molecule has 1 aliphatic carbocycles.